The Balaban J connectivity index is 2.24. The molecule has 0 saturated carbocycles. The standard InChI is InChI=1S/C14H11BrF3N/c1-8-5-6-11(17)14(13(8)18)19-7-9-3-2-4-10(16)12(9)15/h2-6,19H,7H2,1H3. The lowest BCUT2D eigenvalue weighted by atomic mass is 10.1. The van der Waals surface area contributed by atoms with Crippen LogP contribution in [0.15, 0.2) is 34.8 Å². The zero-order valence-electron chi connectivity index (χ0n) is 10.1. The Bertz CT molecular complexity index is 614. The highest BCUT2D eigenvalue weighted by Crippen LogP contribution is 2.25. The van der Waals surface area contributed by atoms with Crippen LogP contribution < -0.4 is 5.32 Å². The molecule has 0 bridgehead atoms. The van der Waals surface area contributed by atoms with Gasteiger partial charge >= 0.3 is 0 Å². The molecule has 2 rings (SSSR count). The molecule has 0 aromatic heterocycles. The van der Waals surface area contributed by atoms with Gasteiger partial charge in [-0.1, -0.05) is 18.2 Å². The van der Waals surface area contributed by atoms with Crippen LogP contribution in [-0.2, 0) is 6.54 Å². The summed E-state index contributed by atoms with van der Waals surface area (Å²) in [5.41, 5.74) is 0.735. The average Bonchev–Trinajstić information content (AvgIpc) is 2.39. The van der Waals surface area contributed by atoms with Crippen LogP contribution in [0.4, 0.5) is 18.9 Å². The molecule has 0 spiro atoms. The van der Waals surface area contributed by atoms with Crippen LogP contribution in [0.5, 0.6) is 0 Å². The van der Waals surface area contributed by atoms with Crippen molar-refractivity contribution >= 4 is 21.6 Å². The highest BCUT2D eigenvalue weighted by Gasteiger charge is 2.12. The van der Waals surface area contributed by atoms with Gasteiger partial charge in [0.1, 0.15) is 17.3 Å². The normalized spacial score (nSPS) is 10.6. The summed E-state index contributed by atoms with van der Waals surface area (Å²) in [5.74, 6) is -1.72. The Morgan fingerprint density at radius 1 is 1.05 bits per heavy atom. The van der Waals surface area contributed by atoms with Crippen molar-refractivity contribution < 1.29 is 13.2 Å². The molecule has 1 nitrogen and oxygen atoms in total. The van der Waals surface area contributed by atoms with E-state index in [1.54, 1.807) is 19.1 Å². The van der Waals surface area contributed by atoms with Crippen LogP contribution in [0.1, 0.15) is 11.1 Å². The van der Waals surface area contributed by atoms with Crippen molar-refractivity contribution in [1.82, 2.24) is 0 Å². The highest BCUT2D eigenvalue weighted by atomic mass is 79.9. The maximum absolute atomic E-state index is 13.8. The van der Waals surface area contributed by atoms with Gasteiger partial charge in [-0.25, -0.2) is 13.2 Å². The van der Waals surface area contributed by atoms with Gasteiger partial charge in [0.05, 0.1) is 4.47 Å². The smallest absolute Gasteiger partial charge is 0.152 e. The predicted octanol–water partition coefficient (Wildman–Crippen LogP) is 4.79. The Morgan fingerprint density at radius 2 is 1.79 bits per heavy atom. The summed E-state index contributed by atoms with van der Waals surface area (Å²) < 4.78 is 40.9. The Hall–Kier alpha value is -1.49. The van der Waals surface area contributed by atoms with Gasteiger partial charge in [0.15, 0.2) is 5.82 Å². The second-order valence-corrected chi connectivity index (χ2v) is 4.91. The molecular weight excluding hydrogens is 319 g/mol. The molecule has 0 unspecified atom stereocenters. The molecule has 5 heteroatoms. The van der Waals surface area contributed by atoms with Crippen LogP contribution in [0.3, 0.4) is 0 Å². The molecule has 2 aromatic carbocycles. The quantitative estimate of drug-likeness (QED) is 0.853. The molecule has 0 aliphatic carbocycles. The first-order valence-corrected chi connectivity index (χ1v) is 6.41. The summed E-state index contributed by atoms with van der Waals surface area (Å²) in [7, 11) is 0. The molecule has 1 N–H and O–H groups in total. The Morgan fingerprint density at radius 3 is 2.53 bits per heavy atom. The maximum Gasteiger partial charge on any atom is 0.152 e. The largest absolute Gasteiger partial charge is 0.376 e. The average molecular weight is 330 g/mol. The topological polar surface area (TPSA) is 12.0 Å². The third-order valence-electron chi connectivity index (χ3n) is 2.77. The minimum atomic E-state index is -0.671. The number of rotatable bonds is 3. The lowest BCUT2D eigenvalue weighted by Crippen LogP contribution is -2.06. The van der Waals surface area contributed by atoms with E-state index in [1.165, 1.54) is 18.2 Å². The SMILES string of the molecule is Cc1ccc(F)c(NCc2cccc(F)c2Br)c1F. The van der Waals surface area contributed by atoms with Gasteiger partial charge in [-0.05, 0) is 46.1 Å². The fraction of sp³-hybridized carbons (Fsp3) is 0.143. The first kappa shape index (κ1) is 13.9. The Kier molecular flexibility index (Phi) is 4.14. The van der Waals surface area contributed by atoms with E-state index >= 15 is 0 Å². The lowest BCUT2D eigenvalue weighted by Gasteiger charge is -2.11. The van der Waals surface area contributed by atoms with Gasteiger partial charge in [0.25, 0.3) is 0 Å². The van der Waals surface area contributed by atoms with E-state index < -0.39 is 17.5 Å². The van der Waals surface area contributed by atoms with Crippen molar-refractivity contribution in [2.45, 2.75) is 13.5 Å². The highest BCUT2D eigenvalue weighted by molar-refractivity contribution is 9.10. The van der Waals surface area contributed by atoms with Crippen molar-refractivity contribution in [2.75, 3.05) is 5.32 Å². The molecule has 0 saturated heterocycles. The van der Waals surface area contributed by atoms with Crippen LogP contribution in [0.2, 0.25) is 0 Å². The maximum atomic E-state index is 13.8. The number of benzene rings is 2. The van der Waals surface area contributed by atoms with E-state index in [1.807, 2.05) is 0 Å². The molecule has 100 valence electrons. The van der Waals surface area contributed by atoms with Gasteiger partial charge in [0.2, 0.25) is 0 Å². The number of aryl methyl sites for hydroxylation is 1. The summed E-state index contributed by atoms with van der Waals surface area (Å²) >= 11 is 3.10. The summed E-state index contributed by atoms with van der Waals surface area (Å²) in [4.78, 5) is 0. The summed E-state index contributed by atoms with van der Waals surface area (Å²) in [5, 5.41) is 2.66. The fourth-order valence-corrected chi connectivity index (χ4v) is 2.09. The molecule has 19 heavy (non-hydrogen) atoms. The van der Waals surface area contributed by atoms with E-state index in [-0.39, 0.29) is 16.7 Å². The number of hydrogen-bond acceptors (Lipinski definition) is 1. The summed E-state index contributed by atoms with van der Waals surface area (Å²) in [6.07, 6.45) is 0. The molecular formula is C14H11BrF3N. The number of halogens is 4. The van der Waals surface area contributed by atoms with Crippen LogP contribution in [0, 0.1) is 24.4 Å². The van der Waals surface area contributed by atoms with Crippen LogP contribution >= 0.6 is 15.9 Å². The first-order chi connectivity index (χ1) is 9.00. The molecule has 2 aromatic rings. The number of anilines is 1. The van der Waals surface area contributed by atoms with E-state index in [9.17, 15) is 13.2 Å². The van der Waals surface area contributed by atoms with E-state index in [2.05, 4.69) is 21.2 Å². The molecule has 0 atom stereocenters. The molecule has 0 radical (unpaired) electrons. The number of nitrogens with one attached hydrogen (secondary N) is 1. The minimum absolute atomic E-state index is 0.121. The minimum Gasteiger partial charge on any atom is -0.376 e. The lowest BCUT2D eigenvalue weighted by molar-refractivity contribution is 0.582. The van der Waals surface area contributed by atoms with Gasteiger partial charge in [-0.15, -0.1) is 0 Å². The number of hydrogen-bond donors (Lipinski definition) is 1. The molecule has 0 aliphatic rings. The van der Waals surface area contributed by atoms with Crippen molar-refractivity contribution in [2.24, 2.45) is 0 Å². The Labute approximate surface area is 117 Å². The second kappa shape index (κ2) is 5.65. The van der Waals surface area contributed by atoms with Crippen molar-refractivity contribution in [3.63, 3.8) is 0 Å². The zero-order chi connectivity index (χ0) is 14.0. The molecule has 0 amide bonds. The third-order valence-corrected chi connectivity index (χ3v) is 3.66. The third kappa shape index (κ3) is 2.92. The van der Waals surface area contributed by atoms with Gasteiger partial charge in [-0.2, -0.15) is 0 Å². The molecule has 0 heterocycles. The van der Waals surface area contributed by atoms with Crippen LogP contribution in [0.25, 0.3) is 0 Å². The van der Waals surface area contributed by atoms with Crippen molar-refractivity contribution in [1.29, 1.82) is 0 Å². The first-order valence-electron chi connectivity index (χ1n) is 5.62. The van der Waals surface area contributed by atoms with Crippen LogP contribution in [-0.4, -0.2) is 0 Å². The zero-order valence-corrected chi connectivity index (χ0v) is 11.7. The predicted molar refractivity (Wildman–Crippen MR) is 72.5 cm³/mol. The summed E-state index contributed by atoms with van der Waals surface area (Å²) in [6, 6.07) is 7.09. The second-order valence-electron chi connectivity index (χ2n) is 4.12. The van der Waals surface area contributed by atoms with Gasteiger partial charge in [0, 0.05) is 6.54 Å². The van der Waals surface area contributed by atoms with E-state index in [0.717, 1.165) is 0 Å². The molecule has 0 fully saturated rings. The fourth-order valence-electron chi connectivity index (χ4n) is 1.69. The van der Waals surface area contributed by atoms with Crippen molar-refractivity contribution in [3.8, 4) is 0 Å². The van der Waals surface area contributed by atoms with Crippen molar-refractivity contribution in [3.05, 3.63) is 63.4 Å². The monoisotopic (exact) mass is 329 g/mol. The van der Waals surface area contributed by atoms with E-state index in [4.69, 9.17) is 0 Å². The summed E-state index contributed by atoms with van der Waals surface area (Å²) in [6.45, 7) is 1.67. The van der Waals surface area contributed by atoms with E-state index in [0.29, 0.717) is 11.1 Å². The van der Waals surface area contributed by atoms with Gasteiger partial charge < -0.3 is 5.32 Å². The van der Waals surface area contributed by atoms with Gasteiger partial charge in [-0.3, -0.25) is 0 Å². The molecule has 0 aliphatic heterocycles.